The second-order valence-corrected chi connectivity index (χ2v) is 5.72. The first-order chi connectivity index (χ1) is 9.66. The zero-order chi connectivity index (χ0) is 14.1. The van der Waals surface area contributed by atoms with Gasteiger partial charge in [-0.1, -0.05) is 18.2 Å². The minimum atomic E-state index is 0.704. The van der Waals surface area contributed by atoms with Crippen molar-refractivity contribution in [2.45, 2.75) is 6.92 Å². The van der Waals surface area contributed by atoms with Crippen LogP contribution in [0.5, 0.6) is 0 Å². The molecule has 2 aromatic carbocycles. The van der Waals surface area contributed by atoms with Crippen molar-refractivity contribution in [1.29, 1.82) is 0 Å². The molecule has 3 rings (SSSR count). The van der Waals surface area contributed by atoms with Crippen LogP contribution >= 0.6 is 22.6 Å². The number of hydrogen-bond acceptors (Lipinski definition) is 3. The number of halogens is 1. The van der Waals surface area contributed by atoms with Crippen LogP contribution in [0.3, 0.4) is 0 Å². The van der Waals surface area contributed by atoms with E-state index in [2.05, 4.69) is 32.8 Å². The predicted molar refractivity (Wildman–Crippen MR) is 88.7 cm³/mol. The van der Waals surface area contributed by atoms with E-state index in [9.17, 15) is 0 Å². The van der Waals surface area contributed by atoms with Crippen LogP contribution in [0.15, 0.2) is 48.5 Å². The fourth-order valence-electron chi connectivity index (χ4n) is 2.15. The van der Waals surface area contributed by atoms with Gasteiger partial charge in [-0.2, -0.15) is 0 Å². The molecule has 0 radical (unpaired) electrons. The lowest BCUT2D eigenvalue weighted by Crippen LogP contribution is -2.01. The maximum Gasteiger partial charge on any atom is 0.170 e. The molecule has 4 nitrogen and oxygen atoms in total. The van der Waals surface area contributed by atoms with Crippen LogP contribution in [0.2, 0.25) is 0 Å². The van der Waals surface area contributed by atoms with Crippen molar-refractivity contribution in [3.63, 3.8) is 0 Å². The van der Waals surface area contributed by atoms with Crippen LogP contribution in [0.25, 0.3) is 17.1 Å². The molecule has 0 fully saturated rings. The summed E-state index contributed by atoms with van der Waals surface area (Å²) in [5.74, 6) is 1.61. The Bertz CT molecular complexity index is 750. The topological polar surface area (TPSA) is 56.7 Å². The molecule has 0 amide bonds. The molecule has 0 unspecified atom stereocenters. The maximum atomic E-state index is 6.09. The van der Waals surface area contributed by atoms with Gasteiger partial charge < -0.3 is 5.73 Å². The Hall–Kier alpha value is -1.89. The first-order valence-corrected chi connectivity index (χ1v) is 7.27. The molecular formula is C15H13IN4. The fraction of sp³-hybridized carbons (Fsp3) is 0.0667. The zero-order valence-electron chi connectivity index (χ0n) is 10.9. The van der Waals surface area contributed by atoms with Gasteiger partial charge in [-0.05, 0) is 59.8 Å². The molecule has 1 aromatic heterocycles. The number of nitrogens with zero attached hydrogens (tertiary/aromatic N) is 3. The third-order valence-corrected chi connectivity index (χ3v) is 3.77. The van der Waals surface area contributed by atoms with Gasteiger partial charge in [0, 0.05) is 20.5 Å². The third-order valence-electron chi connectivity index (χ3n) is 3.10. The molecule has 2 N–H and O–H groups in total. The van der Waals surface area contributed by atoms with E-state index in [-0.39, 0.29) is 0 Å². The third kappa shape index (κ3) is 2.29. The lowest BCUT2D eigenvalue weighted by molar-refractivity contribution is 0.972. The summed E-state index contributed by atoms with van der Waals surface area (Å²) in [6.07, 6.45) is 0. The Kier molecular flexibility index (Phi) is 3.43. The summed E-state index contributed by atoms with van der Waals surface area (Å²) >= 11 is 2.27. The molecule has 20 heavy (non-hydrogen) atoms. The molecule has 0 aliphatic heterocycles. The standard InChI is InChI=1S/C15H13IN4/c1-10-18-19-15(13-9-11(16)7-8-14(13)17)20(10)12-5-3-2-4-6-12/h2-9H,17H2,1H3. The van der Waals surface area contributed by atoms with Gasteiger partial charge in [-0.15, -0.1) is 10.2 Å². The Labute approximate surface area is 130 Å². The van der Waals surface area contributed by atoms with Crippen LogP contribution < -0.4 is 5.73 Å². The van der Waals surface area contributed by atoms with Crippen LogP contribution in [-0.2, 0) is 0 Å². The summed E-state index contributed by atoms with van der Waals surface area (Å²) in [4.78, 5) is 0. The molecule has 0 saturated heterocycles. The van der Waals surface area contributed by atoms with Crippen LogP contribution in [0.4, 0.5) is 5.69 Å². The molecule has 0 aliphatic rings. The van der Waals surface area contributed by atoms with Gasteiger partial charge in [0.25, 0.3) is 0 Å². The van der Waals surface area contributed by atoms with E-state index in [0.717, 1.165) is 26.5 Å². The second kappa shape index (κ2) is 5.24. The van der Waals surface area contributed by atoms with Gasteiger partial charge in [0.2, 0.25) is 0 Å². The number of hydrogen-bond donors (Lipinski definition) is 1. The molecule has 5 heteroatoms. The molecule has 3 aromatic rings. The first kappa shape index (κ1) is 13.1. The number of para-hydroxylation sites is 1. The summed E-state index contributed by atoms with van der Waals surface area (Å²) in [5.41, 5.74) is 8.73. The van der Waals surface area contributed by atoms with Gasteiger partial charge in [0.15, 0.2) is 5.82 Å². The number of anilines is 1. The van der Waals surface area contributed by atoms with Crippen LogP contribution in [-0.4, -0.2) is 14.8 Å². The zero-order valence-corrected chi connectivity index (χ0v) is 13.1. The van der Waals surface area contributed by atoms with Gasteiger partial charge in [-0.25, -0.2) is 0 Å². The first-order valence-electron chi connectivity index (χ1n) is 6.19. The van der Waals surface area contributed by atoms with Gasteiger partial charge in [0.05, 0.1) is 0 Å². The molecule has 0 aliphatic carbocycles. The number of rotatable bonds is 2. The van der Waals surface area contributed by atoms with Gasteiger partial charge in [0.1, 0.15) is 5.82 Å². The summed E-state index contributed by atoms with van der Waals surface area (Å²) < 4.78 is 3.13. The molecule has 100 valence electrons. The number of nitrogens with two attached hydrogens (primary N) is 1. The molecule has 0 bridgehead atoms. The highest BCUT2D eigenvalue weighted by Crippen LogP contribution is 2.28. The average Bonchev–Trinajstić information content (AvgIpc) is 2.84. The smallest absolute Gasteiger partial charge is 0.170 e. The summed E-state index contributed by atoms with van der Waals surface area (Å²) in [7, 11) is 0. The van der Waals surface area contributed by atoms with Crippen LogP contribution in [0.1, 0.15) is 5.82 Å². The van der Waals surface area contributed by atoms with E-state index < -0.39 is 0 Å². The van der Waals surface area contributed by atoms with E-state index in [1.54, 1.807) is 0 Å². The molecule has 0 saturated carbocycles. The van der Waals surface area contributed by atoms with Crippen molar-refractivity contribution in [2.75, 3.05) is 5.73 Å². The van der Waals surface area contributed by atoms with Crippen molar-refractivity contribution in [1.82, 2.24) is 14.8 Å². The largest absolute Gasteiger partial charge is 0.398 e. The highest BCUT2D eigenvalue weighted by molar-refractivity contribution is 14.1. The normalized spacial score (nSPS) is 10.7. The van der Waals surface area contributed by atoms with Gasteiger partial charge >= 0.3 is 0 Å². The number of benzene rings is 2. The van der Waals surface area contributed by atoms with E-state index >= 15 is 0 Å². The SMILES string of the molecule is Cc1nnc(-c2cc(I)ccc2N)n1-c1ccccc1. The number of aryl methyl sites for hydroxylation is 1. The van der Waals surface area contributed by atoms with E-state index in [4.69, 9.17) is 5.73 Å². The van der Waals surface area contributed by atoms with Crippen molar-refractivity contribution in [3.05, 3.63) is 57.9 Å². The fourth-order valence-corrected chi connectivity index (χ4v) is 2.64. The average molecular weight is 376 g/mol. The number of nitrogen functional groups attached to an aromatic ring is 1. The van der Waals surface area contributed by atoms with Gasteiger partial charge in [-0.3, -0.25) is 4.57 Å². The summed E-state index contributed by atoms with van der Waals surface area (Å²) in [6.45, 7) is 1.94. The van der Waals surface area contributed by atoms with Crippen molar-refractivity contribution < 1.29 is 0 Å². The lowest BCUT2D eigenvalue weighted by atomic mass is 10.1. The maximum absolute atomic E-state index is 6.09. The molecular weight excluding hydrogens is 363 g/mol. The minimum Gasteiger partial charge on any atom is -0.398 e. The summed E-state index contributed by atoms with van der Waals surface area (Å²) in [6, 6.07) is 16.0. The highest BCUT2D eigenvalue weighted by atomic mass is 127. The molecule has 1 heterocycles. The number of aromatic nitrogens is 3. The Morgan fingerprint density at radius 1 is 1.05 bits per heavy atom. The highest BCUT2D eigenvalue weighted by Gasteiger charge is 2.15. The second-order valence-electron chi connectivity index (χ2n) is 4.47. The van der Waals surface area contributed by atoms with Crippen molar-refractivity contribution in [2.24, 2.45) is 0 Å². The monoisotopic (exact) mass is 376 g/mol. The Morgan fingerprint density at radius 3 is 2.55 bits per heavy atom. The minimum absolute atomic E-state index is 0.704. The molecule has 0 spiro atoms. The van der Waals surface area contributed by atoms with E-state index in [1.165, 1.54) is 0 Å². The van der Waals surface area contributed by atoms with E-state index in [0.29, 0.717) is 5.69 Å². The van der Waals surface area contributed by atoms with Crippen LogP contribution in [0, 0.1) is 10.5 Å². The summed E-state index contributed by atoms with van der Waals surface area (Å²) in [5, 5.41) is 8.49. The quantitative estimate of drug-likeness (QED) is 0.551. The van der Waals surface area contributed by atoms with Crippen molar-refractivity contribution in [3.8, 4) is 17.1 Å². The Morgan fingerprint density at radius 2 is 1.80 bits per heavy atom. The van der Waals surface area contributed by atoms with Crippen molar-refractivity contribution >= 4 is 28.3 Å². The van der Waals surface area contributed by atoms with E-state index in [1.807, 2.05) is 60.0 Å². The molecule has 0 atom stereocenters. The predicted octanol–water partition coefficient (Wildman–Crippen LogP) is 3.43. The lowest BCUT2D eigenvalue weighted by Gasteiger charge is -2.10. The Balaban J connectivity index is 2.24.